The van der Waals surface area contributed by atoms with Crippen LogP contribution in [0.5, 0.6) is 0 Å². The second kappa shape index (κ2) is 4.72. The van der Waals surface area contributed by atoms with Gasteiger partial charge >= 0.3 is 0 Å². The lowest BCUT2D eigenvalue weighted by Gasteiger charge is -2.39. The summed E-state index contributed by atoms with van der Waals surface area (Å²) in [5, 5.41) is 9.82. The maximum atomic E-state index is 12.2. The number of nitrogens with zero attached hydrogens (tertiary/aromatic N) is 1. The molecule has 1 unspecified atom stereocenters. The zero-order chi connectivity index (χ0) is 12.4. The van der Waals surface area contributed by atoms with Crippen molar-refractivity contribution in [3.63, 3.8) is 0 Å². The average Bonchev–Trinajstić information content (AvgIpc) is 2.27. The summed E-state index contributed by atoms with van der Waals surface area (Å²) in [7, 11) is 1.57. The number of aliphatic hydroxyl groups is 1. The molecule has 1 fully saturated rings. The summed E-state index contributed by atoms with van der Waals surface area (Å²) < 4.78 is 5.30. The van der Waals surface area contributed by atoms with Gasteiger partial charge in [0, 0.05) is 20.2 Å². The standard InChI is InChI=1S/C12H23NO3/c1-5-12(3,16-4)10(14)13-8-6-11(2,15)7-9-13/h15H,5-9H2,1-4H3. The van der Waals surface area contributed by atoms with Gasteiger partial charge in [0.15, 0.2) is 0 Å². The number of methoxy groups -OCH3 is 1. The summed E-state index contributed by atoms with van der Waals surface area (Å²) in [6.45, 7) is 6.82. The fourth-order valence-electron chi connectivity index (χ4n) is 1.91. The number of hydrogen-bond donors (Lipinski definition) is 1. The van der Waals surface area contributed by atoms with Crippen molar-refractivity contribution in [2.24, 2.45) is 0 Å². The van der Waals surface area contributed by atoms with Crippen LogP contribution in [0.2, 0.25) is 0 Å². The first kappa shape index (κ1) is 13.5. The fourth-order valence-corrected chi connectivity index (χ4v) is 1.91. The highest BCUT2D eigenvalue weighted by atomic mass is 16.5. The van der Waals surface area contributed by atoms with E-state index in [0.29, 0.717) is 32.4 Å². The Kier molecular flexibility index (Phi) is 3.97. The van der Waals surface area contributed by atoms with Gasteiger partial charge in [-0.1, -0.05) is 6.92 Å². The second-order valence-corrected chi connectivity index (χ2v) is 5.08. The van der Waals surface area contributed by atoms with Gasteiger partial charge in [0.25, 0.3) is 5.91 Å². The Bertz CT molecular complexity index is 249. The van der Waals surface area contributed by atoms with Crippen molar-refractivity contribution in [1.29, 1.82) is 0 Å². The third-order valence-corrected chi connectivity index (χ3v) is 3.71. The van der Waals surface area contributed by atoms with E-state index in [0.717, 1.165) is 0 Å². The molecule has 1 rings (SSSR count). The molecule has 0 bridgehead atoms. The lowest BCUT2D eigenvalue weighted by Crippen LogP contribution is -2.53. The Morgan fingerprint density at radius 1 is 1.50 bits per heavy atom. The van der Waals surface area contributed by atoms with Crippen LogP contribution < -0.4 is 0 Å². The molecule has 1 heterocycles. The number of carbonyl (C=O) groups is 1. The molecule has 1 atom stereocenters. The van der Waals surface area contributed by atoms with E-state index in [1.165, 1.54) is 0 Å². The summed E-state index contributed by atoms with van der Waals surface area (Å²) in [5.41, 5.74) is -1.34. The topological polar surface area (TPSA) is 49.8 Å². The van der Waals surface area contributed by atoms with E-state index in [1.54, 1.807) is 12.0 Å². The van der Waals surface area contributed by atoms with E-state index in [9.17, 15) is 9.90 Å². The molecule has 1 saturated heterocycles. The van der Waals surface area contributed by atoms with Crippen LogP contribution in [0.15, 0.2) is 0 Å². The minimum atomic E-state index is -0.719. The number of likely N-dealkylation sites (tertiary alicyclic amines) is 1. The summed E-state index contributed by atoms with van der Waals surface area (Å²) in [6, 6.07) is 0. The first-order chi connectivity index (χ1) is 7.34. The molecule has 1 N–H and O–H groups in total. The molecule has 0 spiro atoms. The molecular formula is C12H23NO3. The highest BCUT2D eigenvalue weighted by Crippen LogP contribution is 2.25. The second-order valence-electron chi connectivity index (χ2n) is 5.08. The Balaban J connectivity index is 2.63. The minimum Gasteiger partial charge on any atom is -0.390 e. The van der Waals surface area contributed by atoms with Gasteiger partial charge < -0.3 is 14.7 Å². The summed E-state index contributed by atoms with van der Waals surface area (Å²) >= 11 is 0. The van der Waals surface area contributed by atoms with Crippen molar-refractivity contribution in [1.82, 2.24) is 4.90 Å². The van der Waals surface area contributed by atoms with E-state index in [-0.39, 0.29) is 5.91 Å². The van der Waals surface area contributed by atoms with E-state index in [1.807, 2.05) is 20.8 Å². The molecule has 1 amide bonds. The van der Waals surface area contributed by atoms with Crippen LogP contribution in [0.3, 0.4) is 0 Å². The fraction of sp³-hybridized carbons (Fsp3) is 0.917. The van der Waals surface area contributed by atoms with E-state index in [2.05, 4.69) is 0 Å². The minimum absolute atomic E-state index is 0.0352. The van der Waals surface area contributed by atoms with Gasteiger partial charge in [-0.25, -0.2) is 0 Å². The van der Waals surface area contributed by atoms with Crippen LogP contribution in [0.25, 0.3) is 0 Å². The van der Waals surface area contributed by atoms with Crippen LogP contribution in [0, 0.1) is 0 Å². The van der Waals surface area contributed by atoms with Crippen molar-refractivity contribution in [3.05, 3.63) is 0 Å². The predicted octanol–water partition coefficient (Wildman–Crippen LogP) is 1.17. The normalized spacial score (nSPS) is 23.9. The van der Waals surface area contributed by atoms with Crippen LogP contribution in [-0.4, -0.2) is 47.3 Å². The smallest absolute Gasteiger partial charge is 0.254 e. The Morgan fingerprint density at radius 3 is 2.38 bits per heavy atom. The summed E-state index contributed by atoms with van der Waals surface area (Å²) in [6.07, 6.45) is 1.94. The lowest BCUT2D eigenvalue weighted by molar-refractivity contribution is -0.157. The Labute approximate surface area is 97.6 Å². The quantitative estimate of drug-likeness (QED) is 0.790. The molecule has 4 nitrogen and oxygen atoms in total. The van der Waals surface area contributed by atoms with Gasteiger partial charge in [0.2, 0.25) is 0 Å². The maximum Gasteiger partial charge on any atom is 0.254 e. The number of rotatable bonds is 3. The van der Waals surface area contributed by atoms with Crippen molar-refractivity contribution in [2.75, 3.05) is 20.2 Å². The monoisotopic (exact) mass is 229 g/mol. The van der Waals surface area contributed by atoms with Crippen LogP contribution in [-0.2, 0) is 9.53 Å². The van der Waals surface area contributed by atoms with E-state index < -0.39 is 11.2 Å². The number of amides is 1. The van der Waals surface area contributed by atoms with Crippen molar-refractivity contribution < 1.29 is 14.6 Å². The van der Waals surface area contributed by atoms with E-state index in [4.69, 9.17) is 4.74 Å². The van der Waals surface area contributed by atoms with Gasteiger partial charge in [-0.05, 0) is 33.1 Å². The maximum absolute atomic E-state index is 12.2. The van der Waals surface area contributed by atoms with Gasteiger partial charge in [0.1, 0.15) is 5.60 Å². The predicted molar refractivity (Wildman–Crippen MR) is 62.1 cm³/mol. The summed E-state index contributed by atoms with van der Waals surface area (Å²) in [4.78, 5) is 14.0. The highest BCUT2D eigenvalue weighted by molar-refractivity contribution is 5.84. The zero-order valence-electron chi connectivity index (χ0n) is 10.7. The SMILES string of the molecule is CCC(C)(OC)C(=O)N1CCC(C)(O)CC1. The molecular weight excluding hydrogens is 206 g/mol. The largest absolute Gasteiger partial charge is 0.390 e. The number of ether oxygens (including phenoxy) is 1. The van der Waals surface area contributed by atoms with Crippen molar-refractivity contribution in [3.8, 4) is 0 Å². The van der Waals surface area contributed by atoms with Gasteiger partial charge in [-0.2, -0.15) is 0 Å². The molecule has 4 heteroatoms. The van der Waals surface area contributed by atoms with Gasteiger partial charge in [-0.15, -0.1) is 0 Å². The number of carbonyl (C=O) groups excluding carboxylic acids is 1. The molecule has 0 radical (unpaired) electrons. The molecule has 0 aromatic carbocycles. The van der Waals surface area contributed by atoms with Crippen LogP contribution in [0.4, 0.5) is 0 Å². The first-order valence-electron chi connectivity index (χ1n) is 5.91. The molecule has 0 aliphatic carbocycles. The molecule has 0 aromatic heterocycles. The van der Waals surface area contributed by atoms with Gasteiger partial charge in [0.05, 0.1) is 5.60 Å². The third-order valence-electron chi connectivity index (χ3n) is 3.71. The molecule has 94 valence electrons. The molecule has 1 aliphatic heterocycles. The molecule has 16 heavy (non-hydrogen) atoms. The Hall–Kier alpha value is -0.610. The first-order valence-corrected chi connectivity index (χ1v) is 5.91. The van der Waals surface area contributed by atoms with Crippen LogP contribution >= 0.6 is 0 Å². The van der Waals surface area contributed by atoms with Crippen LogP contribution in [0.1, 0.15) is 40.0 Å². The average molecular weight is 229 g/mol. The lowest BCUT2D eigenvalue weighted by atomic mass is 9.92. The Morgan fingerprint density at radius 2 is 2.00 bits per heavy atom. The zero-order valence-corrected chi connectivity index (χ0v) is 10.7. The summed E-state index contributed by atoms with van der Waals surface area (Å²) in [5.74, 6) is 0.0352. The van der Waals surface area contributed by atoms with Crippen molar-refractivity contribution >= 4 is 5.91 Å². The van der Waals surface area contributed by atoms with Crippen molar-refractivity contribution in [2.45, 2.75) is 51.2 Å². The number of hydrogen-bond acceptors (Lipinski definition) is 3. The highest BCUT2D eigenvalue weighted by Gasteiger charge is 2.38. The third kappa shape index (κ3) is 2.74. The molecule has 1 aliphatic rings. The molecule has 0 saturated carbocycles. The van der Waals surface area contributed by atoms with E-state index >= 15 is 0 Å². The molecule has 0 aromatic rings. The van der Waals surface area contributed by atoms with Gasteiger partial charge in [-0.3, -0.25) is 4.79 Å². The number of piperidine rings is 1.